The largest absolute Gasteiger partial charge is 0.394 e. The second-order valence-electron chi connectivity index (χ2n) is 14.5. The number of carbonyl (C=O) groups excluding carboxylic acids is 1. The van der Waals surface area contributed by atoms with Crippen molar-refractivity contribution in [3.63, 3.8) is 0 Å². The Hall–Kier alpha value is -1.59. The van der Waals surface area contributed by atoms with Gasteiger partial charge in [-0.15, -0.1) is 0 Å². The van der Waals surface area contributed by atoms with E-state index in [9.17, 15) is 30.3 Å². The molecule has 1 aliphatic rings. The number of aliphatic hydroxyl groups is 5. The zero-order chi connectivity index (χ0) is 37.4. The van der Waals surface area contributed by atoms with E-state index in [0.717, 1.165) is 44.9 Å². The van der Waals surface area contributed by atoms with E-state index in [1.807, 2.05) is 6.08 Å². The summed E-state index contributed by atoms with van der Waals surface area (Å²) in [4.78, 5) is 12.9. The summed E-state index contributed by atoms with van der Waals surface area (Å²) >= 11 is 0. The fourth-order valence-electron chi connectivity index (χ4n) is 6.32. The number of ether oxygens (including phenoxy) is 2. The molecular weight excluding hydrogens is 646 g/mol. The molecule has 1 rings (SSSR count). The summed E-state index contributed by atoms with van der Waals surface area (Å²) < 4.78 is 11.1. The second-order valence-corrected chi connectivity index (χ2v) is 14.5. The molecule has 9 nitrogen and oxygen atoms in total. The van der Waals surface area contributed by atoms with Crippen molar-refractivity contribution in [1.82, 2.24) is 5.32 Å². The van der Waals surface area contributed by atoms with E-state index < -0.39 is 49.5 Å². The third-order valence-electron chi connectivity index (χ3n) is 9.74. The van der Waals surface area contributed by atoms with Crippen LogP contribution in [0.2, 0.25) is 0 Å². The van der Waals surface area contributed by atoms with Crippen LogP contribution in [-0.4, -0.2) is 87.5 Å². The zero-order valence-corrected chi connectivity index (χ0v) is 32.4. The van der Waals surface area contributed by atoms with Crippen molar-refractivity contribution >= 4 is 5.91 Å². The Balaban J connectivity index is 2.42. The number of aliphatic hydroxyl groups excluding tert-OH is 5. The number of carbonyl (C=O) groups is 1. The molecule has 0 aromatic rings. The van der Waals surface area contributed by atoms with Crippen molar-refractivity contribution in [1.29, 1.82) is 0 Å². The first-order valence-corrected chi connectivity index (χ1v) is 20.7. The van der Waals surface area contributed by atoms with Crippen molar-refractivity contribution in [2.24, 2.45) is 0 Å². The summed E-state index contributed by atoms with van der Waals surface area (Å²) in [5.41, 5.74) is 0. The van der Waals surface area contributed by atoms with Crippen LogP contribution < -0.4 is 5.32 Å². The van der Waals surface area contributed by atoms with Gasteiger partial charge in [0.05, 0.1) is 25.4 Å². The van der Waals surface area contributed by atoms with Crippen LogP contribution in [0.1, 0.15) is 168 Å². The molecule has 0 aromatic heterocycles. The predicted molar refractivity (Wildman–Crippen MR) is 207 cm³/mol. The number of rotatable bonds is 33. The fraction of sp³-hybridized carbons (Fsp3) is 0.833. The Labute approximate surface area is 311 Å². The lowest BCUT2D eigenvalue weighted by Crippen LogP contribution is -2.60. The average Bonchev–Trinajstić information content (AvgIpc) is 3.13. The highest BCUT2D eigenvalue weighted by Crippen LogP contribution is 2.22. The Morgan fingerprint density at radius 3 is 1.69 bits per heavy atom. The molecule has 6 N–H and O–H groups in total. The lowest BCUT2D eigenvalue weighted by Gasteiger charge is -2.40. The summed E-state index contributed by atoms with van der Waals surface area (Å²) in [5, 5.41) is 53.9. The summed E-state index contributed by atoms with van der Waals surface area (Å²) in [5.74, 6) is -0.202. The highest BCUT2D eigenvalue weighted by Gasteiger charge is 2.44. The molecule has 0 spiro atoms. The third kappa shape index (κ3) is 24.4. The average molecular weight is 724 g/mol. The first-order valence-electron chi connectivity index (χ1n) is 20.7. The SMILES string of the molecule is CCCCCCCC/C=C/CCCCCCCCCC(=O)N[C@@H](CO[C@H]1O[C@@H](CO)[C@H](O)C(O)C1O)[C@H](O)/C=C/C=C/CCCCCCCCC. The molecule has 7 atom stereocenters. The molecule has 0 radical (unpaired) electrons. The van der Waals surface area contributed by atoms with Gasteiger partial charge < -0.3 is 40.3 Å². The quantitative estimate of drug-likeness (QED) is 0.0229. The number of unbranched alkanes of at least 4 members (excludes halogenated alkanes) is 20. The van der Waals surface area contributed by atoms with Gasteiger partial charge in [-0.3, -0.25) is 4.79 Å². The normalized spacial score (nSPS) is 22.4. The van der Waals surface area contributed by atoms with Crippen molar-refractivity contribution in [3.8, 4) is 0 Å². The molecule has 2 unspecified atom stereocenters. The number of hydrogen-bond acceptors (Lipinski definition) is 8. The molecular formula is C42H77NO8. The molecule has 1 heterocycles. The Morgan fingerprint density at radius 1 is 0.667 bits per heavy atom. The number of amides is 1. The van der Waals surface area contributed by atoms with Crippen LogP contribution >= 0.6 is 0 Å². The molecule has 0 saturated carbocycles. The lowest BCUT2D eigenvalue weighted by molar-refractivity contribution is -0.302. The number of hydrogen-bond donors (Lipinski definition) is 6. The highest BCUT2D eigenvalue weighted by molar-refractivity contribution is 5.76. The van der Waals surface area contributed by atoms with E-state index in [2.05, 4.69) is 37.4 Å². The van der Waals surface area contributed by atoms with Gasteiger partial charge in [0.25, 0.3) is 0 Å². The molecule has 1 saturated heterocycles. The molecule has 0 aliphatic carbocycles. The minimum atomic E-state index is -1.57. The molecule has 1 aliphatic heterocycles. The summed E-state index contributed by atoms with van der Waals surface area (Å²) in [6, 6.07) is -0.836. The second kappa shape index (κ2) is 33.0. The molecule has 0 bridgehead atoms. The van der Waals surface area contributed by atoms with E-state index in [0.29, 0.717) is 6.42 Å². The maximum absolute atomic E-state index is 12.9. The maximum Gasteiger partial charge on any atom is 0.220 e. The monoisotopic (exact) mass is 724 g/mol. The molecule has 0 aromatic carbocycles. The van der Waals surface area contributed by atoms with Gasteiger partial charge in [-0.2, -0.15) is 0 Å². The van der Waals surface area contributed by atoms with Crippen LogP contribution in [0.5, 0.6) is 0 Å². The van der Waals surface area contributed by atoms with Gasteiger partial charge in [0.2, 0.25) is 5.91 Å². The summed E-state index contributed by atoms with van der Waals surface area (Å²) in [7, 11) is 0. The Kier molecular flexibility index (Phi) is 30.7. The van der Waals surface area contributed by atoms with Gasteiger partial charge in [-0.1, -0.05) is 153 Å². The predicted octanol–water partition coefficient (Wildman–Crippen LogP) is 7.72. The van der Waals surface area contributed by atoms with Gasteiger partial charge in [0, 0.05) is 6.42 Å². The van der Waals surface area contributed by atoms with Crippen molar-refractivity contribution < 1.29 is 39.8 Å². The van der Waals surface area contributed by atoms with Crippen molar-refractivity contribution in [2.45, 2.75) is 211 Å². The van der Waals surface area contributed by atoms with Gasteiger partial charge in [0.15, 0.2) is 6.29 Å². The zero-order valence-electron chi connectivity index (χ0n) is 32.4. The lowest BCUT2D eigenvalue weighted by atomic mass is 9.99. The maximum atomic E-state index is 12.9. The topological polar surface area (TPSA) is 149 Å². The Bertz CT molecular complexity index is 894. The van der Waals surface area contributed by atoms with Gasteiger partial charge >= 0.3 is 0 Å². The smallest absolute Gasteiger partial charge is 0.220 e. The molecule has 298 valence electrons. The molecule has 1 fully saturated rings. The van der Waals surface area contributed by atoms with E-state index in [1.165, 1.54) is 103 Å². The third-order valence-corrected chi connectivity index (χ3v) is 9.74. The fourth-order valence-corrected chi connectivity index (χ4v) is 6.32. The molecule has 9 heteroatoms. The van der Waals surface area contributed by atoms with E-state index >= 15 is 0 Å². The summed E-state index contributed by atoms with van der Waals surface area (Å²) in [6.45, 7) is 3.69. The van der Waals surface area contributed by atoms with Crippen LogP contribution in [0.25, 0.3) is 0 Å². The van der Waals surface area contributed by atoms with E-state index in [1.54, 1.807) is 12.2 Å². The minimum absolute atomic E-state index is 0.202. The van der Waals surface area contributed by atoms with Crippen LogP contribution in [0.15, 0.2) is 36.5 Å². The van der Waals surface area contributed by atoms with Crippen LogP contribution in [0.4, 0.5) is 0 Å². The summed E-state index contributed by atoms with van der Waals surface area (Å²) in [6.07, 6.45) is 32.0. The van der Waals surface area contributed by atoms with Crippen LogP contribution in [0, 0.1) is 0 Å². The van der Waals surface area contributed by atoms with Gasteiger partial charge in [0.1, 0.15) is 24.4 Å². The van der Waals surface area contributed by atoms with E-state index in [-0.39, 0.29) is 12.5 Å². The number of allylic oxidation sites excluding steroid dienone is 5. The van der Waals surface area contributed by atoms with Gasteiger partial charge in [-0.05, 0) is 44.9 Å². The van der Waals surface area contributed by atoms with E-state index in [4.69, 9.17) is 9.47 Å². The Morgan fingerprint density at radius 2 is 1.16 bits per heavy atom. The van der Waals surface area contributed by atoms with Crippen LogP contribution in [0.3, 0.4) is 0 Å². The molecule has 51 heavy (non-hydrogen) atoms. The highest BCUT2D eigenvalue weighted by atomic mass is 16.7. The number of nitrogens with one attached hydrogen (secondary N) is 1. The van der Waals surface area contributed by atoms with Crippen molar-refractivity contribution in [2.75, 3.05) is 13.2 Å². The minimum Gasteiger partial charge on any atom is -0.394 e. The standard InChI is InChI=1S/C42H77NO8/c1-3-5-7-9-11-13-15-16-17-18-19-20-22-24-26-28-30-32-38(46)43-35(34-50-42-41(49)40(48)39(47)37(33-44)51-42)36(45)31-29-27-25-23-21-14-12-10-8-6-4-2/h16-17,25,27,29,31,35-37,39-42,44-45,47-49H,3-15,18-24,26,28,30,32-34H2,1-2H3,(H,43,46)/b17-16+,27-25+,31-29+/t35-,36+,37-,39-,40?,41?,42-/m0/s1. The molecule has 1 amide bonds. The van der Waals surface area contributed by atoms with Gasteiger partial charge in [-0.25, -0.2) is 0 Å². The first-order chi connectivity index (χ1) is 24.8. The van der Waals surface area contributed by atoms with Crippen LogP contribution in [-0.2, 0) is 14.3 Å². The first kappa shape index (κ1) is 47.4. The van der Waals surface area contributed by atoms with Crippen molar-refractivity contribution in [3.05, 3.63) is 36.5 Å².